The van der Waals surface area contributed by atoms with Crippen LogP contribution in [0.25, 0.3) is 0 Å². The molecule has 0 aromatic heterocycles. The molecular formula is C15H17ClN4O6S. The molecule has 2 amide bonds. The first-order valence-electron chi connectivity index (χ1n) is 7.65. The third-order valence-electron chi connectivity index (χ3n) is 3.45. The average Bonchev–Trinajstić information content (AvgIpc) is 2.61. The lowest BCUT2D eigenvalue weighted by atomic mass is 10.2. The van der Waals surface area contributed by atoms with Crippen LogP contribution >= 0.6 is 11.6 Å². The van der Waals surface area contributed by atoms with Gasteiger partial charge in [-0.25, -0.2) is 22.9 Å². The summed E-state index contributed by atoms with van der Waals surface area (Å²) in [5, 5.41) is 5.99. The number of ether oxygens (including phenoxy) is 1. The minimum Gasteiger partial charge on any atom is -0.451 e. The number of amides is 2. The Morgan fingerprint density at radius 1 is 1.33 bits per heavy atom. The summed E-state index contributed by atoms with van der Waals surface area (Å²) >= 11 is 5.93. The molecule has 27 heavy (non-hydrogen) atoms. The van der Waals surface area contributed by atoms with Crippen molar-refractivity contribution in [2.45, 2.75) is 17.7 Å². The molecule has 0 unspecified atom stereocenters. The molecule has 2 rings (SSSR count). The number of anilines is 1. The number of hydrogen-bond acceptors (Lipinski definition) is 7. The van der Waals surface area contributed by atoms with E-state index in [1.807, 2.05) is 0 Å². The summed E-state index contributed by atoms with van der Waals surface area (Å²) in [7, 11) is -1.09. The highest BCUT2D eigenvalue weighted by Crippen LogP contribution is 2.26. The Bertz CT molecular complexity index is 913. The van der Waals surface area contributed by atoms with E-state index in [4.69, 9.17) is 16.3 Å². The minimum absolute atomic E-state index is 0.00508. The van der Waals surface area contributed by atoms with Crippen molar-refractivity contribution in [3.8, 4) is 0 Å². The van der Waals surface area contributed by atoms with E-state index in [0.29, 0.717) is 0 Å². The third-order valence-corrected chi connectivity index (χ3v) is 5.74. The molecule has 0 bridgehead atoms. The van der Waals surface area contributed by atoms with Crippen molar-refractivity contribution in [3.63, 3.8) is 0 Å². The van der Waals surface area contributed by atoms with Crippen LogP contribution in [0, 0.1) is 0 Å². The molecule has 1 aromatic carbocycles. The molecule has 146 valence electrons. The second-order valence-corrected chi connectivity index (χ2v) is 8.18. The van der Waals surface area contributed by atoms with E-state index < -0.39 is 28.5 Å². The van der Waals surface area contributed by atoms with Gasteiger partial charge in [0, 0.05) is 32.6 Å². The van der Waals surface area contributed by atoms with Crippen LogP contribution in [-0.2, 0) is 29.1 Å². The smallest absolute Gasteiger partial charge is 0.355 e. The van der Waals surface area contributed by atoms with E-state index in [0.717, 1.165) is 4.31 Å². The van der Waals surface area contributed by atoms with Crippen molar-refractivity contribution in [3.05, 3.63) is 23.2 Å². The molecule has 12 heteroatoms. The molecule has 0 saturated carbocycles. The van der Waals surface area contributed by atoms with Gasteiger partial charge in [0.25, 0.3) is 5.91 Å². The van der Waals surface area contributed by atoms with Crippen LogP contribution in [-0.4, -0.2) is 56.9 Å². The Kier molecular flexibility index (Phi) is 6.52. The minimum atomic E-state index is -3.80. The van der Waals surface area contributed by atoms with E-state index in [2.05, 4.69) is 15.8 Å². The van der Waals surface area contributed by atoms with Crippen molar-refractivity contribution >= 4 is 50.8 Å². The molecule has 1 aliphatic rings. The number of benzene rings is 1. The second kappa shape index (κ2) is 8.46. The topological polar surface area (TPSA) is 134 Å². The predicted octanol–water partition coefficient (Wildman–Crippen LogP) is 0.338. The molecule has 2 N–H and O–H groups in total. The van der Waals surface area contributed by atoms with Crippen molar-refractivity contribution in [2.24, 2.45) is 5.10 Å². The van der Waals surface area contributed by atoms with Crippen LogP contribution in [0.1, 0.15) is 12.8 Å². The number of nitrogens with one attached hydrogen (secondary N) is 2. The highest BCUT2D eigenvalue weighted by atomic mass is 35.5. The first-order chi connectivity index (χ1) is 12.6. The van der Waals surface area contributed by atoms with Crippen LogP contribution in [0.3, 0.4) is 0 Å². The van der Waals surface area contributed by atoms with Crippen molar-refractivity contribution in [1.29, 1.82) is 0 Å². The molecule has 0 aliphatic carbocycles. The summed E-state index contributed by atoms with van der Waals surface area (Å²) in [6.07, 6.45) is 0.225. The molecule has 10 nitrogen and oxygen atoms in total. The zero-order chi connectivity index (χ0) is 20.2. The molecule has 0 saturated heterocycles. The first kappa shape index (κ1) is 20.8. The number of esters is 1. The van der Waals surface area contributed by atoms with Gasteiger partial charge in [0.05, 0.1) is 5.02 Å². The quantitative estimate of drug-likeness (QED) is 0.642. The molecule has 0 fully saturated rings. The summed E-state index contributed by atoms with van der Waals surface area (Å²) in [6, 6.07) is 3.95. The number of halogens is 1. The monoisotopic (exact) mass is 416 g/mol. The van der Waals surface area contributed by atoms with Gasteiger partial charge in [-0.05, 0) is 18.2 Å². The summed E-state index contributed by atoms with van der Waals surface area (Å²) in [4.78, 5) is 34.5. The highest BCUT2D eigenvalue weighted by Gasteiger charge is 2.22. The number of nitrogens with zero attached hydrogens (tertiary/aromatic N) is 2. The van der Waals surface area contributed by atoms with Crippen LogP contribution in [0.5, 0.6) is 0 Å². The molecule has 1 aromatic rings. The Balaban J connectivity index is 2.00. The molecule has 0 radical (unpaired) electrons. The van der Waals surface area contributed by atoms with Gasteiger partial charge >= 0.3 is 5.97 Å². The lowest BCUT2D eigenvalue weighted by Gasteiger charge is -2.14. The lowest BCUT2D eigenvalue weighted by molar-refractivity contribution is -0.140. The van der Waals surface area contributed by atoms with Gasteiger partial charge in [-0.1, -0.05) is 11.6 Å². The Hall–Kier alpha value is -2.50. The fourth-order valence-corrected chi connectivity index (χ4v) is 3.40. The lowest BCUT2D eigenvalue weighted by Crippen LogP contribution is -2.32. The standard InChI is InChI=1S/C15H17ClN4O6S/c1-20(2)27(24,25)12-7-9(3-4-10(12)16)17-14(22)8-26-15(23)11-5-6-13(21)19-18-11/h3-4,7H,5-6,8H2,1-2H3,(H,17,22)(H,19,21). The van der Waals surface area contributed by atoms with Gasteiger partial charge < -0.3 is 10.1 Å². The van der Waals surface area contributed by atoms with Gasteiger partial charge in [0.15, 0.2) is 6.61 Å². The van der Waals surface area contributed by atoms with Crippen molar-refractivity contribution in [2.75, 3.05) is 26.0 Å². The fraction of sp³-hybridized carbons (Fsp3) is 0.333. The summed E-state index contributed by atoms with van der Waals surface area (Å²) in [6.45, 7) is -0.607. The van der Waals surface area contributed by atoms with E-state index in [1.165, 1.54) is 32.3 Å². The number of hydrogen-bond donors (Lipinski definition) is 2. The van der Waals surface area contributed by atoms with Crippen molar-refractivity contribution in [1.82, 2.24) is 9.73 Å². The second-order valence-electron chi connectivity index (χ2n) is 5.65. The number of sulfonamides is 1. The van der Waals surface area contributed by atoms with Gasteiger partial charge in [-0.2, -0.15) is 5.10 Å². The molecule has 1 heterocycles. The van der Waals surface area contributed by atoms with Crippen LogP contribution in [0.4, 0.5) is 5.69 Å². The number of carbonyl (C=O) groups is 3. The highest BCUT2D eigenvalue weighted by molar-refractivity contribution is 7.89. The molecule has 1 aliphatic heterocycles. The molecule has 0 atom stereocenters. The van der Waals surface area contributed by atoms with Crippen LogP contribution in [0.15, 0.2) is 28.2 Å². The van der Waals surface area contributed by atoms with Crippen LogP contribution in [0.2, 0.25) is 5.02 Å². The molecule has 0 spiro atoms. The average molecular weight is 417 g/mol. The number of carbonyl (C=O) groups excluding carboxylic acids is 3. The fourth-order valence-electron chi connectivity index (χ4n) is 2.01. The predicted molar refractivity (Wildman–Crippen MR) is 96.7 cm³/mol. The number of hydrazone groups is 1. The maximum atomic E-state index is 12.2. The first-order valence-corrected chi connectivity index (χ1v) is 9.47. The Labute approximate surface area is 160 Å². The Morgan fingerprint density at radius 3 is 2.63 bits per heavy atom. The van der Waals surface area contributed by atoms with Crippen LogP contribution < -0.4 is 10.7 Å². The number of rotatable bonds is 6. The van der Waals surface area contributed by atoms with Gasteiger partial charge in [0.2, 0.25) is 15.9 Å². The van der Waals surface area contributed by atoms with Gasteiger partial charge in [-0.15, -0.1) is 0 Å². The molecular weight excluding hydrogens is 400 g/mol. The largest absolute Gasteiger partial charge is 0.451 e. The van der Waals surface area contributed by atoms with Gasteiger partial charge in [-0.3, -0.25) is 9.59 Å². The zero-order valence-corrected chi connectivity index (χ0v) is 16.1. The maximum absolute atomic E-state index is 12.2. The SMILES string of the molecule is CN(C)S(=O)(=O)c1cc(NC(=O)COC(=O)C2=NNC(=O)CC2)ccc1Cl. The van der Waals surface area contributed by atoms with Crippen molar-refractivity contribution < 1.29 is 27.5 Å². The zero-order valence-electron chi connectivity index (χ0n) is 14.5. The van der Waals surface area contributed by atoms with E-state index in [1.54, 1.807) is 0 Å². The van der Waals surface area contributed by atoms with E-state index >= 15 is 0 Å². The third kappa shape index (κ3) is 5.25. The van der Waals surface area contributed by atoms with E-state index in [-0.39, 0.29) is 40.1 Å². The summed E-state index contributed by atoms with van der Waals surface area (Å²) < 4.78 is 30.3. The van der Waals surface area contributed by atoms with Gasteiger partial charge in [0.1, 0.15) is 10.6 Å². The van der Waals surface area contributed by atoms with E-state index in [9.17, 15) is 22.8 Å². The summed E-state index contributed by atoms with van der Waals surface area (Å²) in [5.74, 6) is -1.81. The Morgan fingerprint density at radius 2 is 2.04 bits per heavy atom. The normalized spacial score (nSPS) is 14.4. The maximum Gasteiger partial charge on any atom is 0.355 e. The summed E-state index contributed by atoms with van der Waals surface area (Å²) in [5.41, 5.74) is 2.33.